The topological polar surface area (TPSA) is 64.9 Å². The molecule has 0 fully saturated rings. The average Bonchev–Trinajstić information content (AvgIpc) is 3.06. The highest BCUT2D eigenvalue weighted by atomic mass is 19.3. The van der Waals surface area contributed by atoms with Crippen LogP contribution < -0.4 is 10.1 Å². The molecule has 0 saturated heterocycles. The van der Waals surface area contributed by atoms with E-state index in [4.69, 9.17) is 4.74 Å². The molecule has 3 aromatic rings. The first kappa shape index (κ1) is 17.5. The van der Waals surface area contributed by atoms with E-state index in [1.165, 1.54) is 17.7 Å². The minimum absolute atomic E-state index is 0.0267. The van der Waals surface area contributed by atoms with Crippen molar-refractivity contribution in [3.8, 4) is 11.6 Å². The molecule has 0 spiro atoms. The quantitative estimate of drug-likeness (QED) is 0.747. The van der Waals surface area contributed by atoms with Gasteiger partial charge in [-0.15, -0.1) is 5.10 Å². The van der Waals surface area contributed by atoms with Crippen LogP contribution in [0.15, 0.2) is 36.4 Å². The van der Waals surface area contributed by atoms with E-state index in [0.29, 0.717) is 11.6 Å². The molecule has 1 N–H and O–H groups in total. The van der Waals surface area contributed by atoms with E-state index in [1.54, 1.807) is 16.8 Å². The predicted octanol–water partition coefficient (Wildman–Crippen LogP) is 3.13. The molecule has 0 bridgehead atoms. The zero-order chi connectivity index (χ0) is 18.8. The minimum Gasteiger partial charge on any atom is -0.471 e. The van der Waals surface area contributed by atoms with Crippen molar-refractivity contribution < 1.29 is 13.5 Å². The number of benzene rings is 1. The molecule has 8 heteroatoms. The molecule has 1 aliphatic heterocycles. The molecule has 1 aliphatic rings. The monoisotopic (exact) mass is 371 g/mol. The Morgan fingerprint density at radius 2 is 2.00 bits per heavy atom. The molecule has 0 atom stereocenters. The lowest BCUT2D eigenvalue weighted by Crippen LogP contribution is -2.24. The number of nitrogens with one attached hydrogen (secondary N) is 1. The van der Waals surface area contributed by atoms with Crippen molar-refractivity contribution in [2.24, 2.45) is 0 Å². The summed E-state index contributed by atoms with van der Waals surface area (Å²) in [6.45, 7) is 3.81. The van der Waals surface area contributed by atoms with Gasteiger partial charge in [0.2, 0.25) is 5.88 Å². The highest BCUT2D eigenvalue weighted by Gasteiger charge is 2.15. The Morgan fingerprint density at radius 3 is 2.78 bits per heavy atom. The Kier molecular flexibility index (Phi) is 4.81. The maximum Gasteiger partial charge on any atom is 0.263 e. The van der Waals surface area contributed by atoms with Gasteiger partial charge in [0, 0.05) is 31.1 Å². The van der Waals surface area contributed by atoms with Crippen LogP contribution in [0, 0.1) is 6.92 Å². The van der Waals surface area contributed by atoms with Crippen LogP contribution in [0.5, 0.6) is 5.88 Å². The summed E-state index contributed by atoms with van der Waals surface area (Å²) in [5, 5.41) is 11.5. The van der Waals surface area contributed by atoms with Crippen LogP contribution >= 0.6 is 0 Å². The van der Waals surface area contributed by atoms with Crippen LogP contribution in [0.2, 0.25) is 0 Å². The maximum atomic E-state index is 12.7. The number of fused-ring (bicyclic) bond motifs is 1. The highest BCUT2D eigenvalue weighted by molar-refractivity contribution is 5.36. The van der Waals surface area contributed by atoms with Gasteiger partial charge in [0.05, 0.1) is 17.1 Å². The zero-order valence-corrected chi connectivity index (χ0v) is 14.8. The average molecular weight is 371 g/mol. The van der Waals surface area contributed by atoms with Crippen molar-refractivity contribution in [3.05, 3.63) is 64.6 Å². The normalized spacial score (nSPS) is 13.6. The van der Waals surface area contributed by atoms with Gasteiger partial charge in [0.1, 0.15) is 12.3 Å². The molecule has 0 amide bonds. The van der Waals surface area contributed by atoms with E-state index >= 15 is 0 Å². The Hall–Kier alpha value is -2.87. The molecule has 0 radical (unpaired) electrons. The van der Waals surface area contributed by atoms with Crippen LogP contribution in [0.25, 0.3) is 5.69 Å². The largest absolute Gasteiger partial charge is 0.471 e. The van der Waals surface area contributed by atoms with E-state index in [9.17, 15) is 8.78 Å². The first-order chi connectivity index (χ1) is 13.1. The van der Waals surface area contributed by atoms with Gasteiger partial charge in [0.25, 0.3) is 6.43 Å². The number of rotatable bonds is 5. The van der Waals surface area contributed by atoms with E-state index in [-0.39, 0.29) is 12.2 Å². The van der Waals surface area contributed by atoms with Crippen molar-refractivity contribution in [3.63, 3.8) is 0 Å². The van der Waals surface area contributed by atoms with E-state index in [1.807, 2.05) is 19.1 Å². The fourth-order valence-electron chi connectivity index (χ4n) is 3.05. The minimum atomic E-state index is -2.50. The lowest BCUT2D eigenvalue weighted by atomic mass is 10.1. The summed E-state index contributed by atoms with van der Waals surface area (Å²) in [5.41, 5.74) is 4.34. The molecule has 0 saturated carbocycles. The van der Waals surface area contributed by atoms with Crippen LogP contribution in [-0.4, -0.2) is 26.5 Å². The van der Waals surface area contributed by atoms with Crippen LogP contribution in [0.4, 0.5) is 8.78 Å². The number of aryl methyl sites for hydroxylation is 1. The van der Waals surface area contributed by atoms with E-state index < -0.39 is 6.43 Å². The molecule has 4 rings (SSSR count). The fraction of sp³-hybridized carbons (Fsp3) is 0.316. The molecule has 0 aliphatic carbocycles. The molecule has 3 heterocycles. The van der Waals surface area contributed by atoms with Crippen molar-refractivity contribution >= 4 is 0 Å². The summed E-state index contributed by atoms with van der Waals surface area (Å²) >= 11 is 0. The molecule has 1 aromatic carbocycles. The van der Waals surface area contributed by atoms with Gasteiger partial charge in [-0.1, -0.05) is 23.4 Å². The van der Waals surface area contributed by atoms with Crippen molar-refractivity contribution in [1.29, 1.82) is 0 Å². The van der Waals surface area contributed by atoms with Gasteiger partial charge in [-0.3, -0.25) is 0 Å². The van der Waals surface area contributed by atoms with Gasteiger partial charge in [-0.05, 0) is 24.6 Å². The lowest BCUT2D eigenvalue weighted by molar-refractivity contribution is 0.151. The lowest BCUT2D eigenvalue weighted by Gasteiger charge is -2.17. The standard InChI is InChI=1S/C19H19F2N5O/c1-12-17(11-27-18-7-4-14-10-22-9-8-16(14)23-18)26(25-24-12)15-5-2-13(3-6-15)19(20)21/h2-7,19,22H,8-11H2,1H3. The van der Waals surface area contributed by atoms with Crippen molar-refractivity contribution in [2.75, 3.05) is 6.54 Å². The van der Waals surface area contributed by atoms with E-state index in [2.05, 4.69) is 20.6 Å². The van der Waals surface area contributed by atoms with Gasteiger partial charge in [-0.2, -0.15) is 0 Å². The number of nitrogens with zero attached hydrogens (tertiary/aromatic N) is 4. The molecule has 6 nitrogen and oxygen atoms in total. The smallest absolute Gasteiger partial charge is 0.263 e. The summed E-state index contributed by atoms with van der Waals surface area (Å²) in [6, 6.07) is 9.86. The van der Waals surface area contributed by atoms with Gasteiger partial charge in [0.15, 0.2) is 0 Å². The number of alkyl halides is 2. The van der Waals surface area contributed by atoms with Gasteiger partial charge >= 0.3 is 0 Å². The predicted molar refractivity (Wildman–Crippen MR) is 95.0 cm³/mol. The van der Waals surface area contributed by atoms with Gasteiger partial charge < -0.3 is 10.1 Å². The Labute approximate surface area is 155 Å². The third-order valence-electron chi connectivity index (χ3n) is 4.60. The molecule has 27 heavy (non-hydrogen) atoms. The van der Waals surface area contributed by atoms with Gasteiger partial charge in [-0.25, -0.2) is 18.4 Å². The van der Waals surface area contributed by atoms with Crippen molar-refractivity contribution in [1.82, 2.24) is 25.3 Å². The third-order valence-corrected chi connectivity index (χ3v) is 4.60. The number of pyridine rings is 1. The molecule has 2 aromatic heterocycles. The first-order valence-corrected chi connectivity index (χ1v) is 8.74. The second-order valence-electron chi connectivity index (χ2n) is 6.40. The zero-order valence-electron chi connectivity index (χ0n) is 14.8. The van der Waals surface area contributed by atoms with Crippen LogP contribution in [0.1, 0.15) is 34.6 Å². The van der Waals surface area contributed by atoms with Crippen LogP contribution in [-0.2, 0) is 19.6 Å². The Balaban J connectivity index is 1.54. The summed E-state index contributed by atoms with van der Waals surface area (Å²) < 4.78 is 33.0. The Morgan fingerprint density at radius 1 is 1.19 bits per heavy atom. The number of ether oxygens (including phenoxy) is 1. The number of halogens is 2. The second-order valence-corrected chi connectivity index (χ2v) is 6.40. The number of hydrogen-bond donors (Lipinski definition) is 1. The summed E-state index contributed by atoms with van der Waals surface area (Å²) in [4.78, 5) is 4.58. The summed E-state index contributed by atoms with van der Waals surface area (Å²) in [7, 11) is 0. The highest BCUT2D eigenvalue weighted by Crippen LogP contribution is 2.22. The number of hydrogen-bond acceptors (Lipinski definition) is 5. The SMILES string of the molecule is Cc1nnn(-c2ccc(C(F)F)cc2)c1COc1ccc2c(n1)CCNC2. The van der Waals surface area contributed by atoms with Crippen molar-refractivity contribution in [2.45, 2.75) is 32.9 Å². The Bertz CT molecular complexity index is 940. The summed E-state index contributed by atoms with van der Waals surface area (Å²) in [6.07, 6.45) is -1.62. The number of aromatic nitrogens is 4. The van der Waals surface area contributed by atoms with Crippen LogP contribution in [0.3, 0.4) is 0 Å². The molecular weight excluding hydrogens is 352 g/mol. The third kappa shape index (κ3) is 3.66. The molecule has 140 valence electrons. The maximum absolute atomic E-state index is 12.7. The first-order valence-electron chi connectivity index (χ1n) is 8.74. The second kappa shape index (κ2) is 7.40. The summed E-state index contributed by atoms with van der Waals surface area (Å²) in [5.74, 6) is 0.552. The molecule has 0 unspecified atom stereocenters. The van der Waals surface area contributed by atoms with E-state index in [0.717, 1.165) is 36.6 Å². The molecular formula is C19H19F2N5O. The fourth-order valence-corrected chi connectivity index (χ4v) is 3.05.